The Hall–Kier alpha value is -0.610. The molecule has 0 aromatic heterocycles. The zero-order valence-corrected chi connectivity index (χ0v) is 13.2. The number of carbonyl (C=O) groups excluding carboxylic acids is 1. The van der Waals surface area contributed by atoms with Crippen LogP contribution in [0.5, 0.6) is 0 Å². The number of hydrogen-bond acceptors (Lipinski definition) is 3. The minimum absolute atomic E-state index is 0.0321. The molecule has 0 spiro atoms. The van der Waals surface area contributed by atoms with E-state index < -0.39 is 0 Å². The molecule has 1 heterocycles. The first-order chi connectivity index (χ1) is 9.63. The average Bonchev–Trinajstić information content (AvgIpc) is 3.01. The van der Waals surface area contributed by atoms with Gasteiger partial charge in [0, 0.05) is 6.54 Å². The molecule has 0 bridgehead atoms. The summed E-state index contributed by atoms with van der Waals surface area (Å²) in [6.07, 6.45) is 7.61. The molecular weight excluding hydrogens is 252 g/mol. The average molecular weight is 282 g/mol. The Kier molecular flexibility index (Phi) is 5.85. The molecule has 2 rings (SSSR count). The standard InChI is InChI=1S/C16H30N2O2/c1-4-7-14-16(19)18(10-11-20-12(2)3)15(17-14)13-8-5-6-9-13/h12-15,17H,4-11H2,1-3H3. The van der Waals surface area contributed by atoms with Crippen LogP contribution in [0.1, 0.15) is 59.3 Å². The van der Waals surface area contributed by atoms with Gasteiger partial charge in [0.05, 0.1) is 24.9 Å². The van der Waals surface area contributed by atoms with Gasteiger partial charge in [-0.1, -0.05) is 26.2 Å². The lowest BCUT2D eigenvalue weighted by atomic mass is 10.0. The minimum Gasteiger partial charge on any atom is -0.377 e. The lowest BCUT2D eigenvalue weighted by Crippen LogP contribution is -2.44. The van der Waals surface area contributed by atoms with Crippen LogP contribution in [-0.2, 0) is 9.53 Å². The number of rotatable bonds is 7. The van der Waals surface area contributed by atoms with E-state index in [1.54, 1.807) is 0 Å². The zero-order valence-electron chi connectivity index (χ0n) is 13.2. The monoisotopic (exact) mass is 282 g/mol. The normalized spacial score (nSPS) is 28.0. The third-order valence-electron chi connectivity index (χ3n) is 4.50. The van der Waals surface area contributed by atoms with E-state index in [1.807, 2.05) is 13.8 Å². The van der Waals surface area contributed by atoms with Crippen LogP contribution in [0.15, 0.2) is 0 Å². The molecule has 0 aromatic rings. The van der Waals surface area contributed by atoms with E-state index in [9.17, 15) is 4.79 Å². The molecule has 2 fully saturated rings. The van der Waals surface area contributed by atoms with E-state index in [0.717, 1.165) is 19.4 Å². The smallest absolute Gasteiger partial charge is 0.241 e. The molecule has 1 N–H and O–H groups in total. The van der Waals surface area contributed by atoms with Crippen molar-refractivity contribution in [3.8, 4) is 0 Å². The van der Waals surface area contributed by atoms with E-state index in [4.69, 9.17) is 4.74 Å². The summed E-state index contributed by atoms with van der Waals surface area (Å²) in [5.41, 5.74) is 0. The van der Waals surface area contributed by atoms with Crippen molar-refractivity contribution in [3.05, 3.63) is 0 Å². The minimum atomic E-state index is 0.0321. The van der Waals surface area contributed by atoms with Crippen LogP contribution in [0.4, 0.5) is 0 Å². The van der Waals surface area contributed by atoms with Crippen LogP contribution in [0.25, 0.3) is 0 Å². The first-order valence-corrected chi connectivity index (χ1v) is 8.31. The Labute approximate surface area is 123 Å². The summed E-state index contributed by atoms with van der Waals surface area (Å²) in [6.45, 7) is 7.60. The van der Waals surface area contributed by atoms with Gasteiger partial charge in [-0.25, -0.2) is 0 Å². The fourth-order valence-electron chi connectivity index (χ4n) is 3.50. The molecule has 20 heavy (non-hydrogen) atoms. The van der Waals surface area contributed by atoms with Crippen molar-refractivity contribution in [3.63, 3.8) is 0 Å². The Bertz CT molecular complexity index is 314. The van der Waals surface area contributed by atoms with Crippen molar-refractivity contribution >= 4 is 5.91 Å². The van der Waals surface area contributed by atoms with Gasteiger partial charge >= 0.3 is 0 Å². The lowest BCUT2D eigenvalue weighted by molar-refractivity contribution is -0.131. The number of ether oxygens (including phenoxy) is 1. The number of nitrogens with zero attached hydrogens (tertiary/aromatic N) is 1. The van der Waals surface area contributed by atoms with Crippen molar-refractivity contribution in [2.24, 2.45) is 5.92 Å². The van der Waals surface area contributed by atoms with E-state index in [2.05, 4.69) is 17.1 Å². The third-order valence-corrected chi connectivity index (χ3v) is 4.50. The maximum Gasteiger partial charge on any atom is 0.241 e. The second-order valence-corrected chi connectivity index (χ2v) is 6.45. The molecule has 2 atom stereocenters. The number of hydrogen-bond donors (Lipinski definition) is 1. The Balaban J connectivity index is 1.96. The highest BCUT2D eigenvalue weighted by molar-refractivity contribution is 5.84. The second kappa shape index (κ2) is 7.41. The fraction of sp³-hybridized carbons (Fsp3) is 0.938. The maximum atomic E-state index is 12.5. The van der Waals surface area contributed by atoms with Gasteiger partial charge in [-0.15, -0.1) is 0 Å². The highest BCUT2D eigenvalue weighted by atomic mass is 16.5. The number of nitrogens with one attached hydrogen (secondary N) is 1. The van der Waals surface area contributed by atoms with Crippen molar-refractivity contribution < 1.29 is 9.53 Å². The van der Waals surface area contributed by atoms with Crippen molar-refractivity contribution in [2.75, 3.05) is 13.2 Å². The summed E-state index contributed by atoms with van der Waals surface area (Å²) in [7, 11) is 0. The predicted octanol–water partition coefficient (Wildman–Crippen LogP) is 2.53. The topological polar surface area (TPSA) is 41.6 Å². The van der Waals surface area contributed by atoms with Crippen LogP contribution in [0.3, 0.4) is 0 Å². The van der Waals surface area contributed by atoms with Crippen molar-refractivity contribution in [1.29, 1.82) is 0 Å². The molecule has 1 saturated heterocycles. The van der Waals surface area contributed by atoms with Crippen molar-refractivity contribution in [2.45, 2.75) is 77.6 Å². The molecule has 1 aliphatic heterocycles. The lowest BCUT2D eigenvalue weighted by Gasteiger charge is -2.29. The van der Waals surface area contributed by atoms with E-state index in [0.29, 0.717) is 12.5 Å². The van der Waals surface area contributed by atoms with Gasteiger partial charge in [-0.05, 0) is 39.0 Å². The first kappa shape index (κ1) is 15.8. The Morgan fingerprint density at radius 3 is 2.65 bits per heavy atom. The van der Waals surface area contributed by atoms with Gasteiger partial charge in [-0.2, -0.15) is 0 Å². The van der Waals surface area contributed by atoms with Crippen molar-refractivity contribution in [1.82, 2.24) is 10.2 Å². The summed E-state index contributed by atoms with van der Waals surface area (Å²) in [4.78, 5) is 14.6. The van der Waals surface area contributed by atoms with Gasteiger partial charge in [-0.3, -0.25) is 10.1 Å². The fourth-order valence-corrected chi connectivity index (χ4v) is 3.50. The van der Waals surface area contributed by atoms with E-state index in [-0.39, 0.29) is 24.2 Å². The molecule has 1 aliphatic carbocycles. The second-order valence-electron chi connectivity index (χ2n) is 6.45. The summed E-state index contributed by atoms with van der Waals surface area (Å²) < 4.78 is 5.64. The van der Waals surface area contributed by atoms with Crippen LogP contribution in [0, 0.1) is 5.92 Å². The quantitative estimate of drug-likeness (QED) is 0.780. The molecule has 2 unspecified atom stereocenters. The Morgan fingerprint density at radius 2 is 2.05 bits per heavy atom. The van der Waals surface area contributed by atoms with Gasteiger partial charge in [0.25, 0.3) is 0 Å². The van der Waals surface area contributed by atoms with Gasteiger partial charge in [0.1, 0.15) is 0 Å². The highest BCUT2D eigenvalue weighted by Gasteiger charge is 2.42. The van der Waals surface area contributed by atoms with E-state index >= 15 is 0 Å². The summed E-state index contributed by atoms with van der Waals surface area (Å²) in [6, 6.07) is 0.0321. The molecule has 1 amide bonds. The SMILES string of the molecule is CCCC1NC(C2CCCC2)N(CCOC(C)C)C1=O. The summed E-state index contributed by atoms with van der Waals surface area (Å²) in [5.74, 6) is 0.927. The first-order valence-electron chi connectivity index (χ1n) is 8.31. The third kappa shape index (κ3) is 3.73. The molecule has 0 radical (unpaired) electrons. The summed E-state index contributed by atoms with van der Waals surface area (Å²) in [5, 5.41) is 3.59. The molecule has 2 aliphatic rings. The van der Waals surface area contributed by atoms with Gasteiger partial charge in [0.15, 0.2) is 0 Å². The highest BCUT2D eigenvalue weighted by Crippen LogP contribution is 2.32. The molecule has 4 heteroatoms. The van der Waals surface area contributed by atoms with Crippen LogP contribution >= 0.6 is 0 Å². The largest absolute Gasteiger partial charge is 0.377 e. The van der Waals surface area contributed by atoms with Crippen LogP contribution < -0.4 is 5.32 Å². The number of amides is 1. The van der Waals surface area contributed by atoms with Crippen LogP contribution in [0.2, 0.25) is 0 Å². The Morgan fingerprint density at radius 1 is 1.35 bits per heavy atom. The summed E-state index contributed by atoms with van der Waals surface area (Å²) >= 11 is 0. The van der Waals surface area contributed by atoms with Gasteiger partial charge < -0.3 is 9.64 Å². The maximum absolute atomic E-state index is 12.5. The number of carbonyl (C=O) groups is 1. The van der Waals surface area contributed by atoms with Gasteiger partial charge in [0.2, 0.25) is 5.91 Å². The predicted molar refractivity (Wildman–Crippen MR) is 80.4 cm³/mol. The molecular formula is C16H30N2O2. The molecule has 0 aromatic carbocycles. The van der Waals surface area contributed by atoms with Crippen LogP contribution in [-0.4, -0.2) is 42.3 Å². The molecule has 116 valence electrons. The molecule has 4 nitrogen and oxygen atoms in total. The van der Waals surface area contributed by atoms with E-state index in [1.165, 1.54) is 25.7 Å². The molecule has 1 saturated carbocycles. The zero-order chi connectivity index (χ0) is 14.5.